The maximum atomic E-state index is 5.56. The Morgan fingerprint density at radius 3 is 3.00 bits per heavy atom. The molecule has 1 unspecified atom stereocenters. The molecule has 0 amide bonds. The molecule has 0 aromatic heterocycles. The van der Waals surface area contributed by atoms with E-state index in [1.165, 1.54) is 13.0 Å². The van der Waals surface area contributed by atoms with Crippen molar-refractivity contribution in [2.45, 2.75) is 12.8 Å². The molecule has 1 aliphatic heterocycles. The average Bonchev–Trinajstić information content (AvgIpc) is 2.48. The molecule has 0 radical (unpaired) electrons. The van der Waals surface area contributed by atoms with Gasteiger partial charge in [-0.3, -0.25) is 0 Å². The molecular weight excluding hydrogens is 136 g/mol. The maximum absolute atomic E-state index is 5.56. The van der Waals surface area contributed by atoms with Gasteiger partial charge in [-0.1, -0.05) is 0 Å². The quantitative estimate of drug-likeness (QED) is 0.589. The van der Waals surface area contributed by atoms with E-state index in [0.29, 0.717) is 5.92 Å². The molecule has 2 heteroatoms. The Bertz CT molecular complexity index is 148. The molecule has 62 valence electrons. The topological polar surface area (TPSA) is 29.3 Å². The number of likely N-dealkylation sites (tertiary alicyclic amines) is 1. The first kappa shape index (κ1) is 8.58. The van der Waals surface area contributed by atoms with Crippen molar-refractivity contribution in [3.8, 4) is 12.3 Å². The lowest BCUT2D eigenvalue weighted by molar-refractivity contribution is 0.334. The van der Waals surface area contributed by atoms with Gasteiger partial charge in [-0.25, -0.2) is 0 Å². The van der Waals surface area contributed by atoms with Crippen LogP contribution in [0, 0.1) is 18.3 Å². The number of nitrogens with two attached hydrogens (primary N) is 1. The highest BCUT2D eigenvalue weighted by molar-refractivity contribution is 4.86. The van der Waals surface area contributed by atoms with Crippen LogP contribution in [0.4, 0.5) is 0 Å². The van der Waals surface area contributed by atoms with Crippen LogP contribution in [0.15, 0.2) is 0 Å². The van der Waals surface area contributed by atoms with Crippen molar-refractivity contribution in [1.29, 1.82) is 0 Å². The molecule has 0 spiro atoms. The molecule has 2 nitrogen and oxygen atoms in total. The highest BCUT2D eigenvalue weighted by atomic mass is 15.1. The van der Waals surface area contributed by atoms with Gasteiger partial charge in [0.25, 0.3) is 0 Å². The van der Waals surface area contributed by atoms with Crippen LogP contribution in [-0.4, -0.2) is 31.1 Å². The molecule has 1 atom stereocenters. The van der Waals surface area contributed by atoms with E-state index in [-0.39, 0.29) is 0 Å². The van der Waals surface area contributed by atoms with Crippen molar-refractivity contribution in [2.75, 3.05) is 26.2 Å². The summed E-state index contributed by atoms with van der Waals surface area (Å²) in [5.74, 6) is 3.37. The normalized spacial score (nSPS) is 25.3. The third kappa shape index (κ3) is 2.53. The summed E-state index contributed by atoms with van der Waals surface area (Å²) in [5.41, 5.74) is 5.56. The fourth-order valence-corrected chi connectivity index (χ4v) is 1.53. The zero-order valence-electron chi connectivity index (χ0n) is 6.92. The lowest BCUT2D eigenvalue weighted by atomic mass is 10.1. The highest BCUT2D eigenvalue weighted by Crippen LogP contribution is 2.14. The minimum atomic E-state index is 0.716. The van der Waals surface area contributed by atoms with E-state index in [2.05, 4.69) is 10.8 Å². The second kappa shape index (κ2) is 4.38. The molecule has 11 heavy (non-hydrogen) atoms. The van der Waals surface area contributed by atoms with Gasteiger partial charge in [0.15, 0.2) is 0 Å². The fraction of sp³-hybridized carbons (Fsp3) is 0.778. The van der Waals surface area contributed by atoms with E-state index < -0.39 is 0 Å². The first-order chi connectivity index (χ1) is 5.36. The summed E-state index contributed by atoms with van der Waals surface area (Å²) in [7, 11) is 0. The molecule has 0 bridgehead atoms. The van der Waals surface area contributed by atoms with E-state index in [4.69, 9.17) is 12.2 Å². The predicted molar refractivity (Wildman–Crippen MR) is 47.1 cm³/mol. The fourth-order valence-electron chi connectivity index (χ4n) is 1.53. The SMILES string of the molecule is C#CCCN1CCC(CN)C1. The Hall–Kier alpha value is -0.520. The molecule has 0 saturated carbocycles. The van der Waals surface area contributed by atoms with Gasteiger partial charge in [0, 0.05) is 19.5 Å². The molecule has 1 rings (SSSR count). The molecule has 1 fully saturated rings. The number of terminal acetylenes is 1. The minimum Gasteiger partial charge on any atom is -0.330 e. The van der Waals surface area contributed by atoms with Crippen LogP contribution in [0.25, 0.3) is 0 Å². The third-order valence-corrected chi connectivity index (χ3v) is 2.28. The van der Waals surface area contributed by atoms with E-state index in [1.807, 2.05) is 0 Å². The van der Waals surface area contributed by atoms with Gasteiger partial charge >= 0.3 is 0 Å². The van der Waals surface area contributed by atoms with Crippen molar-refractivity contribution in [3.63, 3.8) is 0 Å². The van der Waals surface area contributed by atoms with Crippen molar-refractivity contribution in [1.82, 2.24) is 4.90 Å². The summed E-state index contributed by atoms with van der Waals surface area (Å²) >= 11 is 0. The summed E-state index contributed by atoms with van der Waals surface area (Å²) in [6.07, 6.45) is 7.30. The second-order valence-corrected chi connectivity index (χ2v) is 3.15. The number of nitrogens with zero attached hydrogens (tertiary/aromatic N) is 1. The molecule has 1 heterocycles. The molecular formula is C9H16N2. The first-order valence-electron chi connectivity index (χ1n) is 4.22. The Morgan fingerprint density at radius 1 is 1.64 bits per heavy atom. The molecule has 1 saturated heterocycles. The smallest absolute Gasteiger partial charge is 0.0214 e. The standard InChI is InChI=1S/C9H16N2/c1-2-3-5-11-6-4-9(7-10)8-11/h1,9H,3-8,10H2. The third-order valence-electron chi connectivity index (χ3n) is 2.28. The van der Waals surface area contributed by atoms with E-state index >= 15 is 0 Å². The van der Waals surface area contributed by atoms with Gasteiger partial charge in [0.2, 0.25) is 0 Å². The van der Waals surface area contributed by atoms with E-state index in [9.17, 15) is 0 Å². The summed E-state index contributed by atoms with van der Waals surface area (Å²) in [6, 6.07) is 0. The lowest BCUT2D eigenvalue weighted by Crippen LogP contribution is -2.23. The largest absolute Gasteiger partial charge is 0.330 e. The zero-order valence-corrected chi connectivity index (χ0v) is 6.92. The zero-order chi connectivity index (χ0) is 8.10. The van der Waals surface area contributed by atoms with Crippen LogP contribution >= 0.6 is 0 Å². The average molecular weight is 152 g/mol. The Balaban J connectivity index is 2.15. The number of hydrogen-bond acceptors (Lipinski definition) is 2. The maximum Gasteiger partial charge on any atom is 0.0214 e. The van der Waals surface area contributed by atoms with Gasteiger partial charge in [0.1, 0.15) is 0 Å². The van der Waals surface area contributed by atoms with Gasteiger partial charge in [0.05, 0.1) is 0 Å². The van der Waals surface area contributed by atoms with Crippen molar-refractivity contribution >= 4 is 0 Å². The number of hydrogen-bond donors (Lipinski definition) is 1. The van der Waals surface area contributed by atoms with Gasteiger partial charge in [-0.2, -0.15) is 0 Å². The van der Waals surface area contributed by atoms with Crippen molar-refractivity contribution < 1.29 is 0 Å². The van der Waals surface area contributed by atoms with Gasteiger partial charge in [-0.15, -0.1) is 12.3 Å². The van der Waals surface area contributed by atoms with Crippen molar-refractivity contribution in [3.05, 3.63) is 0 Å². The van der Waals surface area contributed by atoms with Crippen LogP contribution < -0.4 is 5.73 Å². The van der Waals surface area contributed by atoms with Crippen LogP contribution in [0.5, 0.6) is 0 Å². The van der Waals surface area contributed by atoms with E-state index in [0.717, 1.165) is 26.1 Å². The van der Waals surface area contributed by atoms with Crippen LogP contribution in [0.3, 0.4) is 0 Å². The molecule has 2 N–H and O–H groups in total. The predicted octanol–water partition coefficient (Wildman–Crippen LogP) is 0.290. The summed E-state index contributed by atoms with van der Waals surface area (Å²) < 4.78 is 0. The number of rotatable bonds is 3. The lowest BCUT2D eigenvalue weighted by Gasteiger charge is -2.12. The van der Waals surface area contributed by atoms with Crippen LogP contribution in [0.2, 0.25) is 0 Å². The van der Waals surface area contributed by atoms with Crippen LogP contribution in [0.1, 0.15) is 12.8 Å². The Labute approximate surface area is 68.8 Å². The van der Waals surface area contributed by atoms with Crippen molar-refractivity contribution in [2.24, 2.45) is 11.7 Å². The Morgan fingerprint density at radius 2 is 2.45 bits per heavy atom. The summed E-state index contributed by atoms with van der Waals surface area (Å²) in [4.78, 5) is 2.40. The monoisotopic (exact) mass is 152 g/mol. The van der Waals surface area contributed by atoms with Gasteiger partial charge in [-0.05, 0) is 25.4 Å². The van der Waals surface area contributed by atoms with E-state index in [1.54, 1.807) is 0 Å². The minimum absolute atomic E-state index is 0.716. The first-order valence-corrected chi connectivity index (χ1v) is 4.22. The van der Waals surface area contributed by atoms with Gasteiger partial charge < -0.3 is 10.6 Å². The highest BCUT2D eigenvalue weighted by Gasteiger charge is 2.19. The molecule has 1 aliphatic rings. The molecule has 0 aromatic carbocycles. The second-order valence-electron chi connectivity index (χ2n) is 3.15. The van der Waals surface area contributed by atoms with Crippen LogP contribution in [-0.2, 0) is 0 Å². The molecule has 0 aliphatic carbocycles. The molecule has 0 aromatic rings. The Kier molecular flexibility index (Phi) is 3.41. The summed E-state index contributed by atoms with van der Waals surface area (Å²) in [6.45, 7) is 4.21. The summed E-state index contributed by atoms with van der Waals surface area (Å²) in [5, 5.41) is 0.